The van der Waals surface area contributed by atoms with Crippen LogP contribution in [0.3, 0.4) is 0 Å². The zero-order valence-corrected chi connectivity index (χ0v) is 9.25. The highest BCUT2D eigenvalue weighted by Crippen LogP contribution is 2.27. The molecule has 1 aliphatic rings. The number of fused-ring (bicyclic) bond motifs is 1. The van der Waals surface area contributed by atoms with Gasteiger partial charge in [-0.25, -0.2) is 0 Å². The molecule has 1 unspecified atom stereocenters. The van der Waals surface area contributed by atoms with Crippen LogP contribution in [-0.2, 0) is 22.4 Å². The summed E-state index contributed by atoms with van der Waals surface area (Å²) in [4.78, 5) is 22.2. The molecule has 83 valence electrons. The fraction of sp³-hybridized carbons (Fsp3) is 0.385. The third kappa shape index (κ3) is 1.98. The summed E-state index contributed by atoms with van der Waals surface area (Å²) in [5.74, 6) is -0.178. The SMILES string of the molecule is CC(=O)NC1([C]=O)CCc2ccccc2C1. The van der Waals surface area contributed by atoms with Crippen molar-refractivity contribution in [2.24, 2.45) is 0 Å². The number of aryl methyl sites for hydroxylation is 1. The van der Waals surface area contributed by atoms with Gasteiger partial charge < -0.3 is 5.32 Å². The molecule has 0 spiro atoms. The van der Waals surface area contributed by atoms with Gasteiger partial charge >= 0.3 is 0 Å². The van der Waals surface area contributed by atoms with Crippen molar-refractivity contribution < 1.29 is 9.59 Å². The lowest BCUT2D eigenvalue weighted by molar-refractivity contribution is -0.120. The zero-order chi connectivity index (χ0) is 11.6. The summed E-state index contributed by atoms with van der Waals surface area (Å²) in [6, 6.07) is 8.02. The summed E-state index contributed by atoms with van der Waals surface area (Å²) in [6.07, 6.45) is 4.00. The van der Waals surface area contributed by atoms with Crippen molar-refractivity contribution in [2.45, 2.75) is 31.7 Å². The average molecular weight is 216 g/mol. The van der Waals surface area contributed by atoms with Crippen molar-refractivity contribution in [1.29, 1.82) is 0 Å². The number of nitrogens with one attached hydrogen (secondary N) is 1. The maximum atomic E-state index is 11.1. The number of hydrogen-bond donors (Lipinski definition) is 1. The van der Waals surface area contributed by atoms with Crippen LogP contribution in [0, 0.1) is 0 Å². The molecule has 1 aromatic carbocycles. The first-order chi connectivity index (χ1) is 7.65. The van der Waals surface area contributed by atoms with E-state index in [0.717, 1.165) is 12.0 Å². The molecule has 1 atom stereocenters. The minimum atomic E-state index is -0.819. The molecule has 2 rings (SSSR count). The maximum absolute atomic E-state index is 11.1. The highest BCUT2D eigenvalue weighted by atomic mass is 16.2. The third-order valence-electron chi connectivity index (χ3n) is 3.04. The molecule has 0 fully saturated rings. The Bertz CT molecular complexity index is 428. The lowest BCUT2D eigenvalue weighted by Crippen LogP contribution is -2.52. The first-order valence-electron chi connectivity index (χ1n) is 5.40. The average Bonchev–Trinajstić information content (AvgIpc) is 2.28. The Balaban J connectivity index is 2.28. The summed E-state index contributed by atoms with van der Waals surface area (Å²) in [6.45, 7) is 1.43. The Morgan fingerprint density at radius 3 is 2.69 bits per heavy atom. The van der Waals surface area contributed by atoms with E-state index in [1.807, 2.05) is 24.5 Å². The molecule has 1 radical (unpaired) electrons. The van der Waals surface area contributed by atoms with E-state index in [1.165, 1.54) is 12.5 Å². The van der Waals surface area contributed by atoms with Crippen LogP contribution in [0.5, 0.6) is 0 Å². The van der Waals surface area contributed by atoms with Gasteiger partial charge in [-0.1, -0.05) is 24.3 Å². The second kappa shape index (κ2) is 4.08. The Labute approximate surface area is 94.9 Å². The molecule has 16 heavy (non-hydrogen) atoms. The van der Waals surface area contributed by atoms with Crippen LogP contribution in [0.25, 0.3) is 0 Å². The molecule has 3 heteroatoms. The molecule has 0 saturated carbocycles. The van der Waals surface area contributed by atoms with Gasteiger partial charge in [0, 0.05) is 13.3 Å². The van der Waals surface area contributed by atoms with Gasteiger partial charge in [-0.2, -0.15) is 0 Å². The lowest BCUT2D eigenvalue weighted by atomic mass is 9.79. The number of amides is 1. The monoisotopic (exact) mass is 216 g/mol. The van der Waals surface area contributed by atoms with E-state index < -0.39 is 5.54 Å². The lowest BCUT2D eigenvalue weighted by Gasteiger charge is -2.33. The van der Waals surface area contributed by atoms with Crippen LogP contribution in [-0.4, -0.2) is 17.7 Å². The van der Waals surface area contributed by atoms with E-state index >= 15 is 0 Å². The van der Waals surface area contributed by atoms with Crippen molar-refractivity contribution >= 4 is 12.2 Å². The molecule has 0 saturated heterocycles. The van der Waals surface area contributed by atoms with Gasteiger partial charge in [-0.15, -0.1) is 0 Å². The molecule has 0 aliphatic heterocycles. The second-order valence-electron chi connectivity index (χ2n) is 4.31. The summed E-state index contributed by atoms with van der Waals surface area (Å²) in [7, 11) is 0. The highest BCUT2D eigenvalue weighted by molar-refractivity contribution is 5.80. The van der Waals surface area contributed by atoms with E-state index in [1.54, 1.807) is 0 Å². The summed E-state index contributed by atoms with van der Waals surface area (Å²) < 4.78 is 0. The summed E-state index contributed by atoms with van der Waals surface area (Å²) in [5, 5.41) is 2.72. The van der Waals surface area contributed by atoms with Crippen molar-refractivity contribution in [3.63, 3.8) is 0 Å². The summed E-state index contributed by atoms with van der Waals surface area (Å²) >= 11 is 0. The standard InChI is InChI=1S/C13H14NO2/c1-10(16)14-13(9-15)7-6-11-4-2-3-5-12(11)8-13/h2-5H,6-8H2,1H3,(H,14,16). The van der Waals surface area contributed by atoms with Crippen LogP contribution in [0.4, 0.5) is 0 Å². The predicted molar refractivity (Wildman–Crippen MR) is 60.7 cm³/mol. The molecular formula is C13H14NO2. The van der Waals surface area contributed by atoms with Crippen molar-refractivity contribution in [3.05, 3.63) is 35.4 Å². The highest BCUT2D eigenvalue weighted by Gasteiger charge is 2.35. The first-order valence-corrected chi connectivity index (χ1v) is 5.40. The second-order valence-corrected chi connectivity index (χ2v) is 4.31. The van der Waals surface area contributed by atoms with Gasteiger partial charge in [0.05, 0.1) is 0 Å². The minimum Gasteiger partial charge on any atom is -0.343 e. The van der Waals surface area contributed by atoms with Gasteiger partial charge in [0.15, 0.2) is 0 Å². The number of benzene rings is 1. The molecule has 1 aliphatic carbocycles. The summed E-state index contributed by atoms with van der Waals surface area (Å²) in [5.41, 5.74) is 1.57. The van der Waals surface area contributed by atoms with Crippen LogP contribution in [0.2, 0.25) is 0 Å². The van der Waals surface area contributed by atoms with Gasteiger partial charge in [-0.3, -0.25) is 9.59 Å². The molecule has 1 amide bonds. The fourth-order valence-electron chi connectivity index (χ4n) is 2.29. The van der Waals surface area contributed by atoms with Gasteiger partial charge in [0.1, 0.15) is 5.54 Å². The number of rotatable bonds is 2. The van der Waals surface area contributed by atoms with E-state index in [0.29, 0.717) is 12.8 Å². The first kappa shape index (κ1) is 10.9. The predicted octanol–water partition coefficient (Wildman–Crippen LogP) is 1.16. The normalized spacial score (nSPS) is 23.3. The molecule has 0 heterocycles. The molecule has 1 N–H and O–H groups in total. The minimum absolute atomic E-state index is 0.178. The fourth-order valence-corrected chi connectivity index (χ4v) is 2.29. The third-order valence-corrected chi connectivity index (χ3v) is 3.04. The molecular weight excluding hydrogens is 202 g/mol. The van der Waals surface area contributed by atoms with Crippen LogP contribution >= 0.6 is 0 Å². The Morgan fingerprint density at radius 1 is 1.38 bits per heavy atom. The maximum Gasteiger partial charge on any atom is 0.226 e. The van der Waals surface area contributed by atoms with Gasteiger partial charge in [-0.05, 0) is 24.0 Å². The van der Waals surface area contributed by atoms with Gasteiger partial charge in [0.25, 0.3) is 0 Å². The van der Waals surface area contributed by atoms with Crippen LogP contribution in [0.15, 0.2) is 24.3 Å². The molecule has 0 bridgehead atoms. The van der Waals surface area contributed by atoms with E-state index in [9.17, 15) is 9.59 Å². The van der Waals surface area contributed by atoms with Crippen molar-refractivity contribution in [2.75, 3.05) is 0 Å². The largest absolute Gasteiger partial charge is 0.343 e. The number of carbonyl (C=O) groups is 1. The number of hydrogen-bond acceptors (Lipinski definition) is 2. The van der Waals surface area contributed by atoms with Crippen molar-refractivity contribution in [3.8, 4) is 0 Å². The van der Waals surface area contributed by atoms with Crippen LogP contribution < -0.4 is 5.32 Å². The smallest absolute Gasteiger partial charge is 0.226 e. The topological polar surface area (TPSA) is 46.2 Å². The Morgan fingerprint density at radius 2 is 2.06 bits per heavy atom. The quantitative estimate of drug-likeness (QED) is 0.806. The zero-order valence-electron chi connectivity index (χ0n) is 9.25. The molecule has 1 aromatic rings. The Kier molecular flexibility index (Phi) is 2.77. The van der Waals surface area contributed by atoms with E-state index in [-0.39, 0.29) is 5.91 Å². The van der Waals surface area contributed by atoms with Crippen molar-refractivity contribution in [1.82, 2.24) is 5.32 Å². The van der Waals surface area contributed by atoms with E-state index in [4.69, 9.17) is 0 Å². The molecule has 0 aromatic heterocycles. The Hall–Kier alpha value is -1.64. The van der Waals surface area contributed by atoms with Gasteiger partial charge in [0.2, 0.25) is 12.2 Å². The molecule has 3 nitrogen and oxygen atoms in total. The number of carbonyl (C=O) groups excluding carboxylic acids is 2. The van der Waals surface area contributed by atoms with E-state index in [2.05, 4.69) is 11.4 Å². The van der Waals surface area contributed by atoms with Crippen LogP contribution in [0.1, 0.15) is 24.5 Å².